The molecule has 0 bridgehead atoms. The number of aliphatic carboxylic acids is 1. The van der Waals surface area contributed by atoms with Gasteiger partial charge < -0.3 is 20.8 Å². The van der Waals surface area contributed by atoms with E-state index < -0.39 is 11.8 Å². The van der Waals surface area contributed by atoms with Crippen LogP contribution in [0, 0.1) is 23.5 Å². The monoisotopic (exact) mass is 791 g/mol. The first kappa shape index (κ1) is 36.5. The number of benzene rings is 2. The zero-order valence-corrected chi connectivity index (χ0v) is 30.6. The molecule has 2 fully saturated rings. The molecule has 0 aliphatic heterocycles. The van der Waals surface area contributed by atoms with Gasteiger partial charge >= 0.3 is 17.3 Å². The van der Waals surface area contributed by atoms with Crippen molar-refractivity contribution in [2.75, 3.05) is 0 Å². The normalized spacial score (nSPS) is 19.8. The van der Waals surface area contributed by atoms with Gasteiger partial charge in [-0.2, -0.15) is 9.97 Å². The molecule has 0 atom stereocenters. The summed E-state index contributed by atoms with van der Waals surface area (Å²) in [6, 6.07) is 8.35. The van der Waals surface area contributed by atoms with E-state index in [1.165, 1.54) is 49.3 Å². The molecule has 2 aliphatic rings. The summed E-state index contributed by atoms with van der Waals surface area (Å²) < 4.78 is 33.7. The van der Waals surface area contributed by atoms with Gasteiger partial charge in [-0.05, 0) is 75.6 Å². The van der Waals surface area contributed by atoms with Crippen LogP contribution in [0.25, 0.3) is 56.3 Å². The first-order valence-electron chi connectivity index (χ1n) is 18.7. The third-order valence-corrected chi connectivity index (χ3v) is 11.2. The zero-order chi connectivity index (χ0) is 40.2. The number of nitrogens with two attached hydrogens (primary N) is 1. The molecule has 5 N–H and O–H groups in total. The Bertz CT molecular complexity index is 2800. The standard InChI is InChI=1S/C19H18FN7O2.C19H17FN6O3/c20-11-3-6-13-15(7-11)26(9-23-13)18-22-8-14-17(25-18)27(19(29)24-14)12-4-1-10(2-5-12)16(21)28;20-11-3-6-13-15(7-11)25(9-22-13)18-21-8-14-16(24-18)26(19(29)23-14)12-4-1-10(2-5-12)17(27)28/h3,6-10,12H,1-2,4-5H2,(H2,21,28)(H,24,29);3,6-10,12H,1-2,4-5H2,(H,23,29)(H,27,28). The van der Waals surface area contributed by atoms with Crippen LogP contribution in [0.3, 0.4) is 0 Å². The van der Waals surface area contributed by atoms with Gasteiger partial charge in [0.15, 0.2) is 11.3 Å². The van der Waals surface area contributed by atoms with Crippen molar-refractivity contribution >= 4 is 56.3 Å². The molecule has 0 saturated heterocycles. The molecule has 296 valence electrons. The number of hydrogen-bond donors (Lipinski definition) is 4. The van der Waals surface area contributed by atoms with Gasteiger partial charge in [0.2, 0.25) is 17.8 Å². The van der Waals surface area contributed by atoms with Gasteiger partial charge in [0, 0.05) is 30.1 Å². The van der Waals surface area contributed by atoms with Crippen LogP contribution < -0.4 is 17.1 Å². The summed E-state index contributed by atoms with van der Waals surface area (Å²) in [5, 5.41) is 9.20. The number of carboxylic acids is 1. The fraction of sp³-hybridized carbons (Fsp3) is 0.316. The molecule has 6 aromatic heterocycles. The zero-order valence-electron chi connectivity index (χ0n) is 30.6. The molecule has 8 aromatic rings. The molecule has 0 radical (unpaired) electrons. The Morgan fingerprint density at radius 3 is 1.50 bits per heavy atom. The second-order valence-corrected chi connectivity index (χ2v) is 14.7. The molecular weight excluding hydrogens is 756 g/mol. The fourth-order valence-corrected chi connectivity index (χ4v) is 8.20. The van der Waals surface area contributed by atoms with E-state index in [0.717, 1.165) is 0 Å². The van der Waals surface area contributed by atoms with Gasteiger partial charge in [-0.25, -0.2) is 38.3 Å². The molecule has 18 nitrogen and oxygen atoms in total. The van der Waals surface area contributed by atoms with Crippen LogP contribution in [0.2, 0.25) is 0 Å². The molecule has 20 heteroatoms. The Morgan fingerprint density at radius 1 is 0.655 bits per heavy atom. The highest BCUT2D eigenvalue weighted by Gasteiger charge is 2.30. The third kappa shape index (κ3) is 6.54. The minimum Gasteiger partial charge on any atom is -0.481 e. The highest BCUT2D eigenvalue weighted by Crippen LogP contribution is 2.34. The number of nitrogens with one attached hydrogen (secondary N) is 2. The van der Waals surface area contributed by atoms with Gasteiger partial charge in [-0.3, -0.25) is 27.9 Å². The van der Waals surface area contributed by atoms with E-state index in [-0.39, 0.29) is 53.0 Å². The Balaban J connectivity index is 0.000000150. The number of imidazole rings is 4. The van der Waals surface area contributed by atoms with E-state index in [1.807, 2.05) is 0 Å². The molecule has 1 amide bonds. The maximum absolute atomic E-state index is 13.7. The van der Waals surface area contributed by atoms with Crippen molar-refractivity contribution in [2.24, 2.45) is 17.6 Å². The minimum absolute atomic E-state index is 0.0772. The number of aromatic amines is 2. The topological polar surface area (TPSA) is 243 Å². The lowest BCUT2D eigenvalue weighted by atomic mass is 9.85. The average Bonchev–Trinajstić information content (AvgIpc) is 3.99. The van der Waals surface area contributed by atoms with E-state index in [9.17, 15) is 33.1 Å². The average molecular weight is 792 g/mol. The summed E-state index contributed by atoms with van der Waals surface area (Å²) in [6.45, 7) is 0. The van der Waals surface area contributed by atoms with Gasteiger partial charge in [0.1, 0.15) is 35.3 Å². The number of H-pyrrole nitrogens is 2. The maximum Gasteiger partial charge on any atom is 0.327 e. The van der Waals surface area contributed by atoms with Crippen molar-refractivity contribution < 1.29 is 23.5 Å². The van der Waals surface area contributed by atoms with Crippen LogP contribution >= 0.6 is 0 Å². The van der Waals surface area contributed by atoms with E-state index in [0.29, 0.717) is 102 Å². The lowest BCUT2D eigenvalue weighted by molar-refractivity contribution is -0.143. The van der Waals surface area contributed by atoms with Crippen molar-refractivity contribution in [2.45, 2.75) is 63.5 Å². The van der Waals surface area contributed by atoms with Gasteiger partial charge in [0.25, 0.3) is 0 Å². The van der Waals surface area contributed by atoms with Crippen LogP contribution in [-0.4, -0.2) is 75.1 Å². The highest BCUT2D eigenvalue weighted by molar-refractivity contribution is 5.79. The first-order chi connectivity index (χ1) is 28.0. The van der Waals surface area contributed by atoms with Crippen LogP contribution in [-0.2, 0) is 9.59 Å². The van der Waals surface area contributed by atoms with Crippen LogP contribution in [0.4, 0.5) is 8.78 Å². The largest absolute Gasteiger partial charge is 0.481 e. The van der Waals surface area contributed by atoms with Crippen molar-refractivity contribution in [3.63, 3.8) is 0 Å². The molecule has 10 rings (SSSR count). The van der Waals surface area contributed by atoms with E-state index in [2.05, 4.69) is 39.9 Å². The smallest absolute Gasteiger partial charge is 0.327 e. The van der Waals surface area contributed by atoms with E-state index >= 15 is 0 Å². The Hall–Kier alpha value is -7.12. The van der Waals surface area contributed by atoms with Gasteiger partial charge in [0.05, 0.1) is 40.4 Å². The number of primary amides is 1. The molecule has 58 heavy (non-hydrogen) atoms. The SMILES string of the molecule is NC(=O)C1CCC(n2c(=O)[nH]c3cnc(-n4cnc5ccc(F)cc54)nc32)CC1.O=C(O)C1CCC(n2c(=O)[nH]c3cnc(-n4cnc5ccc(F)cc54)nc32)CC1. The predicted octanol–water partition coefficient (Wildman–Crippen LogP) is 4.23. The van der Waals surface area contributed by atoms with Crippen molar-refractivity contribution in [3.8, 4) is 11.9 Å². The first-order valence-corrected chi connectivity index (χ1v) is 18.7. The number of amides is 1. The summed E-state index contributed by atoms with van der Waals surface area (Å²) in [7, 11) is 0. The number of carbonyl (C=O) groups excluding carboxylic acids is 1. The Kier molecular flexibility index (Phi) is 9.08. The number of aromatic nitrogens is 12. The van der Waals surface area contributed by atoms with Crippen LogP contribution in [0.5, 0.6) is 0 Å². The molecule has 0 unspecified atom stereocenters. The lowest BCUT2D eigenvalue weighted by Gasteiger charge is -2.27. The molecule has 2 aliphatic carbocycles. The Morgan fingerprint density at radius 2 is 1.09 bits per heavy atom. The predicted molar refractivity (Wildman–Crippen MR) is 204 cm³/mol. The summed E-state index contributed by atoms with van der Waals surface area (Å²) in [6.07, 6.45) is 10.9. The second-order valence-electron chi connectivity index (χ2n) is 14.7. The summed E-state index contributed by atoms with van der Waals surface area (Å²) in [4.78, 5) is 79.5. The van der Waals surface area contributed by atoms with E-state index in [4.69, 9.17) is 5.73 Å². The van der Waals surface area contributed by atoms with Crippen LogP contribution in [0.15, 0.2) is 71.0 Å². The Labute approximate surface area is 324 Å². The number of carboxylic acid groups (broad SMARTS) is 1. The second kappa shape index (κ2) is 14.4. The van der Waals surface area contributed by atoms with Crippen LogP contribution in [0.1, 0.15) is 63.5 Å². The molecule has 0 spiro atoms. The highest BCUT2D eigenvalue weighted by atomic mass is 19.1. The van der Waals surface area contributed by atoms with Gasteiger partial charge in [-0.15, -0.1) is 0 Å². The third-order valence-electron chi connectivity index (χ3n) is 11.2. The lowest BCUT2D eigenvalue weighted by Crippen LogP contribution is -2.31. The number of carbonyl (C=O) groups is 2. The molecule has 2 saturated carbocycles. The quantitative estimate of drug-likeness (QED) is 0.186. The summed E-state index contributed by atoms with van der Waals surface area (Å²) in [5.41, 5.74) is 9.06. The summed E-state index contributed by atoms with van der Waals surface area (Å²) >= 11 is 0. The van der Waals surface area contributed by atoms with Crippen molar-refractivity contribution in [3.05, 3.63) is 94.0 Å². The minimum atomic E-state index is -0.793. The van der Waals surface area contributed by atoms with Crippen molar-refractivity contribution in [1.29, 1.82) is 0 Å². The number of fused-ring (bicyclic) bond motifs is 4. The van der Waals surface area contributed by atoms with Crippen molar-refractivity contribution in [1.82, 2.24) is 58.1 Å². The van der Waals surface area contributed by atoms with E-state index in [1.54, 1.807) is 30.4 Å². The molecule has 6 heterocycles. The van der Waals surface area contributed by atoms with Gasteiger partial charge in [-0.1, -0.05) is 0 Å². The molecule has 2 aromatic carbocycles. The maximum atomic E-state index is 13.7. The molecular formula is C38H35F2N13O5. The summed E-state index contributed by atoms with van der Waals surface area (Å²) in [5.74, 6) is -1.81. The number of rotatable bonds is 6. The number of halogens is 2. The number of nitrogens with zero attached hydrogens (tertiary/aromatic N) is 10. The number of hydrogen-bond acceptors (Lipinski definition) is 10. The fourth-order valence-electron chi connectivity index (χ4n) is 8.20.